The smallest absolute Gasteiger partial charge is 0.164 e. The number of hydrogen-bond donors (Lipinski definition) is 0. The van der Waals surface area contributed by atoms with E-state index < -0.39 is 0 Å². The van der Waals surface area contributed by atoms with Crippen LogP contribution in [0.15, 0.2) is 126 Å². The molecule has 0 atom stereocenters. The molecule has 2 aromatic heterocycles. The summed E-state index contributed by atoms with van der Waals surface area (Å²) in [6, 6.07) is 40.0. The second kappa shape index (κ2) is 11.9. The first kappa shape index (κ1) is 29.8. The van der Waals surface area contributed by atoms with Crippen LogP contribution in [-0.4, -0.2) is 54.2 Å². The van der Waals surface area contributed by atoms with Crippen molar-refractivity contribution in [3.63, 3.8) is 0 Å². The van der Waals surface area contributed by atoms with Gasteiger partial charge in [0.25, 0.3) is 0 Å². The maximum absolute atomic E-state index is 6.40. The fourth-order valence-corrected chi connectivity index (χ4v) is 6.05. The molecule has 2 heterocycles. The van der Waals surface area contributed by atoms with Crippen LogP contribution < -0.4 is 27.3 Å². The van der Waals surface area contributed by atoms with Crippen LogP contribution >= 0.6 is 0 Å². The van der Waals surface area contributed by atoms with Crippen molar-refractivity contribution in [2.75, 3.05) is 0 Å². The second-order valence-electron chi connectivity index (χ2n) is 11.6. The predicted molar refractivity (Wildman–Crippen MR) is 201 cm³/mol. The van der Waals surface area contributed by atoms with Gasteiger partial charge in [-0.05, 0) is 58.7 Å². The summed E-state index contributed by atoms with van der Waals surface area (Å²) in [5, 5.41) is 1.72. The fraction of sp³-hybridized carbons (Fsp3) is 0. The molecule has 6 aromatic carbocycles. The van der Waals surface area contributed by atoms with E-state index in [0.29, 0.717) is 34.2 Å². The summed E-state index contributed by atoms with van der Waals surface area (Å²) in [7, 11) is 31.2. The van der Waals surface area contributed by atoms with E-state index in [1.54, 1.807) is 0 Å². The van der Waals surface area contributed by atoms with Gasteiger partial charge in [0.15, 0.2) is 17.5 Å². The normalized spacial score (nSPS) is 11.3. The Labute approximate surface area is 284 Å². The van der Waals surface area contributed by atoms with Gasteiger partial charge in [-0.2, -0.15) is 0 Å². The molecule has 0 aliphatic rings. The molecule has 0 N–H and O–H groups in total. The zero-order valence-electron chi connectivity index (χ0n) is 25.7. The van der Waals surface area contributed by atoms with Crippen molar-refractivity contribution in [1.82, 2.24) is 15.0 Å². The van der Waals surface area contributed by atoms with Crippen molar-refractivity contribution in [2.24, 2.45) is 0 Å². The van der Waals surface area contributed by atoms with Crippen LogP contribution in [0.5, 0.6) is 0 Å². The van der Waals surface area contributed by atoms with Crippen LogP contribution in [0.1, 0.15) is 0 Å². The van der Waals surface area contributed by atoms with E-state index in [0.717, 1.165) is 44.2 Å². The van der Waals surface area contributed by atoms with Gasteiger partial charge in [-0.3, -0.25) is 0 Å². The van der Waals surface area contributed by atoms with E-state index in [1.807, 2.05) is 97.1 Å². The molecule has 48 heavy (non-hydrogen) atoms. The molecule has 212 valence electrons. The molecule has 0 amide bonds. The van der Waals surface area contributed by atoms with Gasteiger partial charge in [0, 0.05) is 27.5 Å². The van der Waals surface area contributed by atoms with E-state index in [2.05, 4.69) is 24.3 Å². The van der Waals surface area contributed by atoms with Crippen LogP contribution in [0.25, 0.3) is 78.4 Å². The third-order valence-corrected chi connectivity index (χ3v) is 8.61. The lowest BCUT2D eigenvalue weighted by Gasteiger charge is -2.21. The molecule has 8 rings (SSSR count). The van der Waals surface area contributed by atoms with Gasteiger partial charge in [-0.1, -0.05) is 95.9 Å². The number of nitrogens with zero attached hydrogens (tertiary/aromatic N) is 3. The molecule has 10 radical (unpaired) electrons. The molecule has 0 saturated carbocycles. The Morgan fingerprint density at radius 3 is 1.40 bits per heavy atom. The SMILES string of the molecule is [B]c1c([B])c([B])c(-c2ccc3oc4ccc(-c5nc(-c6ccccc6)nc(-c6cccc(-c7ccccc7)c6)n5)cc4c3c2)c([B])c1[B]. The largest absolute Gasteiger partial charge is 0.456 e. The van der Waals surface area contributed by atoms with E-state index in [1.165, 1.54) is 0 Å². The molecule has 4 nitrogen and oxygen atoms in total. The summed E-state index contributed by atoms with van der Waals surface area (Å²) in [4.78, 5) is 14.9. The maximum Gasteiger partial charge on any atom is 0.164 e. The molecule has 0 aliphatic carbocycles. The Morgan fingerprint density at radius 1 is 0.354 bits per heavy atom. The molecule has 0 bridgehead atoms. The van der Waals surface area contributed by atoms with Gasteiger partial charge >= 0.3 is 0 Å². The zero-order chi connectivity index (χ0) is 32.9. The van der Waals surface area contributed by atoms with Crippen LogP contribution in [0.3, 0.4) is 0 Å². The van der Waals surface area contributed by atoms with Crippen molar-refractivity contribution in [1.29, 1.82) is 0 Å². The minimum absolute atomic E-state index is 0.173. The van der Waals surface area contributed by atoms with Gasteiger partial charge in [-0.25, -0.2) is 15.0 Å². The Hall–Kier alpha value is -5.55. The van der Waals surface area contributed by atoms with E-state index in [4.69, 9.17) is 58.6 Å². The number of fused-ring (bicyclic) bond motifs is 3. The molecule has 0 unspecified atom stereocenters. The van der Waals surface area contributed by atoms with Gasteiger partial charge in [0.1, 0.15) is 50.4 Å². The first-order valence-corrected chi connectivity index (χ1v) is 15.3. The third kappa shape index (κ3) is 5.16. The fourth-order valence-electron chi connectivity index (χ4n) is 6.05. The quantitative estimate of drug-likeness (QED) is 0.280. The highest BCUT2D eigenvalue weighted by Crippen LogP contribution is 2.35. The Bertz CT molecular complexity index is 2490. The summed E-state index contributed by atoms with van der Waals surface area (Å²) in [5.74, 6) is 1.68. The van der Waals surface area contributed by atoms with Crippen LogP contribution in [0.4, 0.5) is 0 Å². The lowest BCUT2D eigenvalue weighted by molar-refractivity contribution is 0.669. The average Bonchev–Trinajstić information content (AvgIpc) is 3.51. The number of furan rings is 1. The Balaban J connectivity index is 1.29. The van der Waals surface area contributed by atoms with Crippen LogP contribution in [0, 0.1) is 0 Å². The highest BCUT2D eigenvalue weighted by molar-refractivity contribution is 6.68. The number of benzene rings is 6. The molecule has 8 aromatic rings. The molecule has 0 saturated heterocycles. The lowest BCUT2D eigenvalue weighted by atomic mass is 9.59. The highest BCUT2D eigenvalue weighted by Gasteiger charge is 2.17. The number of rotatable bonds is 5. The number of hydrogen-bond acceptors (Lipinski definition) is 4. The van der Waals surface area contributed by atoms with E-state index >= 15 is 0 Å². The third-order valence-electron chi connectivity index (χ3n) is 8.61. The second-order valence-corrected chi connectivity index (χ2v) is 11.6. The molecule has 0 spiro atoms. The first-order chi connectivity index (χ1) is 23.4. The Morgan fingerprint density at radius 2 is 0.792 bits per heavy atom. The minimum atomic E-state index is 0.173. The molecular weight excluding hydrogens is 581 g/mol. The van der Waals surface area contributed by atoms with Crippen molar-refractivity contribution >= 4 is 88.5 Å². The lowest BCUT2D eigenvalue weighted by Crippen LogP contribution is -2.55. The van der Waals surface area contributed by atoms with Crippen molar-refractivity contribution < 1.29 is 4.42 Å². The van der Waals surface area contributed by atoms with Gasteiger partial charge in [-0.15, -0.1) is 16.4 Å². The van der Waals surface area contributed by atoms with Gasteiger partial charge < -0.3 is 4.42 Å². The highest BCUT2D eigenvalue weighted by atomic mass is 16.3. The van der Waals surface area contributed by atoms with Gasteiger partial charge in [0.2, 0.25) is 0 Å². The predicted octanol–water partition coefficient (Wildman–Crippen LogP) is 4.08. The molecule has 0 fully saturated rings. The summed E-state index contributed by atoms with van der Waals surface area (Å²) in [5.41, 5.74) is 8.53. The Kier molecular flexibility index (Phi) is 7.41. The summed E-state index contributed by atoms with van der Waals surface area (Å²) in [6.45, 7) is 0. The first-order valence-electron chi connectivity index (χ1n) is 15.3. The van der Waals surface area contributed by atoms with Crippen LogP contribution in [0.2, 0.25) is 0 Å². The summed E-state index contributed by atoms with van der Waals surface area (Å²) >= 11 is 0. The minimum Gasteiger partial charge on any atom is -0.456 e. The number of aromatic nitrogens is 3. The van der Waals surface area contributed by atoms with Crippen molar-refractivity contribution in [3.05, 3.63) is 121 Å². The topological polar surface area (TPSA) is 51.8 Å². The standard InChI is InChI=1S/C39H20B5N3O/c40-32-31(33(41)35(43)36(44)34(32)42)24-14-16-29-27(19-24)28-20-26(15-17-30(28)48-29)39-46-37(22-10-5-2-6-11-22)45-38(47-39)25-13-7-12-23(18-25)21-8-3-1-4-9-21/h1-20H. The van der Waals surface area contributed by atoms with E-state index in [-0.39, 0.29) is 27.3 Å². The van der Waals surface area contributed by atoms with Gasteiger partial charge in [0.05, 0.1) is 0 Å². The molecular formula is C39H20B5N3O. The van der Waals surface area contributed by atoms with Crippen molar-refractivity contribution in [3.8, 4) is 56.4 Å². The summed E-state index contributed by atoms with van der Waals surface area (Å²) < 4.78 is 6.22. The van der Waals surface area contributed by atoms with Crippen LogP contribution in [-0.2, 0) is 0 Å². The molecule has 9 heteroatoms. The maximum atomic E-state index is 6.40. The zero-order valence-corrected chi connectivity index (χ0v) is 25.7. The summed E-state index contributed by atoms with van der Waals surface area (Å²) in [6.07, 6.45) is 0. The van der Waals surface area contributed by atoms with Crippen molar-refractivity contribution in [2.45, 2.75) is 0 Å². The average molecular weight is 601 g/mol. The van der Waals surface area contributed by atoms with E-state index in [9.17, 15) is 0 Å². The monoisotopic (exact) mass is 601 g/mol. The molecule has 0 aliphatic heterocycles.